The van der Waals surface area contributed by atoms with Gasteiger partial charge in [0, 0.05) is 0 Å². The van der Waals surface area contributed by atoms with Gasteiger partial charge in [-0.3, -0.25) is 19.5 Å². The van der Waals surface area contributed by atoms with E-state index in [1.807, 2.05) is 0 Å². The third kappa shape index (κ3) is 4.77. The van der Waals surface area contributed by atoms with E-state index >= 15 is 0 Å². The van der Waals surface area contributed by atoms with Gasteiger partial charge in [0.1, 0.15) is 5.75 Å². The molecular weight excluding hydrogens is 514 g/mol. The second-order valence-electron chi connectivity index (χ2n) is 8.10. The SMILES string of the molecule is CCOC(=O)C1=C(C)N=c2s/c(=C\c3cc(OC)c(OC)cc3[N+](=O)[O-])c(=O)n2[C@@H]1c1ccc(OC)cc1. The second kappa shape index (κ2) is 10.9. The van der Waals surface area contributed by atoms with Crippen LogP contribution in [0.1, 0.15) is 31.0 Å². The van der Waals surface area contributed by atoms with Gasteiger partial charge in [0.2, 0.25) is 0 Å². The molecule has 0 N–H and O–H groups in total. The minimum absolute atomic E-state index is 0.151. The number of carbonyl (C=O) groups is 1. The highest BCUT2D eigenvalue weighted by Crippen LogP contribution is 2.35. The van der Waals surface area contributed by atoms with E-state index < -0.39 is 22.5 Å². The lowest BCUT2D eigenvalue weighted by molar-refractivity contribution is -0.385. The van der Waals surface area contributed by atoms with Crippen LogP contribution in [0, 0.1) is 10.1 Å². The molecule has 1 aromatic heterocycles. The number of nitro benzene ring substituents is 1. The third-order valence-corrected chi connectivity index (χ3v) is 6.95. The van der Waals surface area contributed by atoms with E-state index in [1.165, 1.54) is 37.0 Å². The Kier molecular flexibility index (Phi) is 7.62. The van der Waals surface area contributed by atoms with Crippen LogP contribution in [0.4, 0.5) is 5.69 Å². The summed E-state index contributed by atoms with van der Waals surface area (Å²) in [6.07, 6.45) is 1.42. The first-order valence-corrected chi connectivity index (χ1v) is 12.3. The topological polar surface area (TPSA) is 131 Å². The van der Waals surface area contributed by atoms with Crippen molar-refractivity contribution in [2.24, 2.45) is 4.99 Å². The fraction of sp³-hybridized carbons (Fsp3) is 0.269. The Morgan fingerprint density at radius 2 is 1.79 bits per heavy atom. The average Bonchev–Trinajstić information content (AvgIpc) is 3.21. The first-order chi connectivity index (χ1) is 18.2. The fourth-order valence-electron chi connectivity index (χ4n) is 4.19. The number of allylic oxidation sites excluding steroid dienone is 1. The van der Waals surface area contributed by atoms with Gasteiger partial charge in [0.05, 0.1) is 66.3 Å². The number of carbonyl (C=O) groups excluding carboxylic acids is 1. The Labute approximate surface area is 221 Å². The highest BCUT2D eigenvalue weighted by molar-refractivity contribution is 7.07. The average molecular weight is 540 g/mol. The van der Waals surface area contributed by atoms with Crippen molar-refractivity contribution in [2.45, 2.75) is 19.9 Å². The summed E-state index contributed by atoms with van der Waals surface area (Å²) in [6, 6.07) is 8.84. The molecule has 4 rings (SSSR count). The highest BCUT2D eigenvalue weighted by atomic mass is 32.1. The molecule has 12 heteroatoms. The summed E-state index contributed by atoms with van der Waals surface area (Å²) in [7, 11) is 4.33. The van der Waals surface area contributed by atoms with Gasteiger partial charge in [-0.05, 0) is 43.7 Å². The van der Waals surface area contributed by atoms with Crippen LogP contribution in [0.25, 0.3) is 6.08 Å². The third-order valence-electron chi connectivity index (χ3n) is 5.96. The molecule has 0 bridgehead atoms. The summed E-state index contributed by atoms with van der Waals surface area (Å²) in [5, 5.41) is 11.8. The maximum Gasteiger partial charge on any atom is 0.338 e. The molecule has 3 aromatic rings. The molecular formula is C26H25N3O8S. The molecule has 1 atom stereocenters. The van der Waals surface area contributed by atoms with Gasteiger partial charge in [-0.15, -0.1) is 0 Å². The van der Waals surface area contributed by atoms with Crippen LogP contribution in [0.2, 0.25) is 0 Å². The molecule has 0 fully saturated rings. The number of hydrogen-bond donors (Lipinski definition) is 0. The zero-order chi connectivity index (χ0) is 27.6. The van der Waals surface area contributed by atoms with Crippen molar-refractivity contribution in [3.05, 3.63) is 88.6 Å². The Morgan fingerprint density at radius 3 is 2.37 bits per heavy atom. The van der Waals surface area contributed by atoms with E-state index in [2.05, 4.69) is 4.99 Å². The molecule has 38 heavy (non-hydrogen) atoms. The summed E-state index contributed by atoms with van der Waals surface area (Å²) in [4.78, 5) is 42.9. The summed E-state index contributed by atoms with van der Waals surface area (Å²) >= 11 is 1.06. The number of rotatable bonds is 8. The number of nitro groups is 1. The molecule has 0 saturated heterocycles. The van der Waals surface area contributed by atoms with Gasteiger partial charge < -0.3 is 18.9 Å². The maximum atomic E-state index is 13.8. The number of methoxy groups -OCH3 is 3. The number of nitrogens with zero attached hydrogens (tertiary/aromatic N) is 3. The molecule has 0 unspecified atom stereocenters. The van der Waals surface area contributed by atoms with Crippen molar-refractivity contribution in [1.29, 1.82) is 0 Å². The second-order valence-corrected chi connectivity index (χ2v) is 9.11. The number of thiazole rings is 1. The van der Waals surface area contributed by atoms with Crippen LogP contribution in [-0.2, 0) is 9.53 Å². The van der Waals surface area contributed by atoms with E-state index in [9.17, 15) is 19.7 Å². The number of aromatic nitrogens is 1. The number of hydrogen-bond acceptors (Lipinski definition) is 10. The number of fused-ring (bicyclic) bond motifs is 1. The molecule has 0 amide bonds. The van der Waals surface area contributed by atoms with Crippen LogP contribution in [0.15, 0.2) is 57.5 Å². The Bertz CT molecular complexity index is 1620. The minimum Gasteiger partial charge on any atom is -0.497 e. The number of ether oxygens (including phenoxy) is 4. The van der Waals surface area contributed by atoms with Crippen LogP contribution >= 0.6 is 11.3 Å². The first kappa shape index (κ1) is 26.6. The van der Waals surface area contributed by atoms with Crippen molar-refractivity contribution in [2.75, 3.05) is 27.9 Å². The number of benzene rings is 2. The summed E-state index contributed by atoms with van der Waals surface area (Å²) in [5.74, 6) is 0.486. The van der Waals surface area contributed by atoms with Gasteiger partial charge in [-0.2, -0.15) is 0 Å². The van der Waals surface area contributed by atoms with Crippen molar-refractivity contribution >= 4 is 29.1 Å². The molecule has 1 aliphatic rings. The van der Waals surface area contributed by atoms with Crippen molar-refractivity contribution in [3.63, 3.8) is 0 Å². The molecule has 2 heterocycles. The summed E-state index contributed by atoms with van der Waals surface area (Å²) in [5.41, 5.74) is 0.715. The summed E-state index contributed by atoms with van der Waals surface area (Å²) < 4.78 is 22.6. The van der Waals surface area contributed by atoms with E-state index in [1.54, 1.807) is 45.2 Å². The van der Waals surface area contributed by atoms with Crippen LogP contribution in [0.5, 0.6) is 17.2 Å². The van der Waals surface area contributed by atoms with Gasteiger partial charge in [0.25, 0.3) is 11.2 Å². The van der Waals surface area contributed by atoms with Gasteiger partial charge >= 0.3 is 5.97 Å². The normalized spacial score (nSPS) is 15.0. The van der Waals surface area contributed by atoms with Crippen molar-refractivity contribution in [3.8, 4) is 17.2 Å². The zero-order valence-corrected chi connectivity index (χ0v) is 22.2. The quantitative estimate of drug-likeness (QED) is 0.243. The van der Waals surface area contributed by atoms with Gasteiger partial charge in [-0.1, -0.05) is 23.5 Å². The molecule has 0 aliphatic carbocycles. The van der Waals surface area contributed by atoms with E-state index in [-0.39, 0.29) is 39.5 Å². The standard InChI is InChI=1S/C26H25N3O8S/c1-6-37-25(31)22-14(2)27-26-28(23(22)15-7-9-17(34-3)10-8-15)24(30)21(38-26)12-16-11-19(35-4)20(36-5)13-18(16)29(32)33/h7-13,23H,6H2,1-5H3/b21-12-/t23-/m1/s1. The predicted octanol–water partition coefficient (Wildman–Crippen LogP) is 2.73. The monoisotopic (exact) mass is 539 g/mol. The van der Waals surface area contributed by atoms with Gasteiger partial charge in [0.15, 0.2) is 16.3 Å². The zero-order valence-electron chi connectivity index (χ0n) is 21.3. The predicted molar refractivity (Wildman–Crippen MR) is 140 cm³/mol. The Hall–Kier alpha value is -4.45. The fourth-order valence-corrected chi connectivity index (χ4v) is 5.23. The Balaban J connectivity index is 1.98. The highest BCUT2D eigenvalue weighted by Gasteiger charge is 2.33. The lowest BCUT2D eigenvalue weighted by atomic mass is 9.96. The first-order valence-electron chi connectivity index (χ1n) is 11.5. The smallest absolute Gasteiger partial charge is 0.338 e. The molecule has 0 radical (unpaired) electrons. The minimum atomic E-state index is -0.821. The van der Waals surface area contributed by atoms with E-state index in [0.29, 0.717) is 21.8 Å². The summed E-state index contributed by atoms with van der Waals surface area (Å²) in [6.45, 7) is 3.53. The van der Waals surface area contributed by atoms with E-state index in [4.69, 9.17) is 18.9 Å². The van der Waals surface area contributed by atoms with Gasteiger partial charge in [-0.25, -0.2) is 9.79 Å². The van der Waals surface area contributed by atoms with Crippen LogP contribution < -0.4 is 29.1 Å². The Morgan fingerprint density at radius 1 is 1.13 bits per heavy atom. The lowest BCUT2D eigenvalue weighted by Gasteiger charge is -2.24. The lowest BCUT2D eigenvalue weighted by Crippen LogP contribution is -2.39. The maximum absolute atomic E-state index is 13.8. The van der Waals surface area contributed by atoms with Crippen LogP contribution in [0.3, 0.4) is 0 Å². The van der Waals surface area contributed by atoms with Crippen molar-refractivity contribution < 1.29 is 28.7 Å². The van der Waals surface area contributed by atoms with Crippen molar-refractivity contribution in [1.82, 2.24) is 4.57 Å². The molecule has 0 spiro atoms. The molecule has 198 valence electrons. The molecule has 2 aromatic carbocycles. The molecule has 11 nitrogen and oxygen atoms in total. The molecule has 1 aliphatic heterocycles. The molecule has 0 saturated carbocycles. The largest absolute Gasteiger partial charge is 0.497 e. The van der Waals surface area contributed by atoms with Crippen LogP contribution in [-0.4, -0.2) is 43.4 Å². The number of esters is 1. The van der Waals surface area contributed by atoms with E-state index in [0.717, 1.165) is 11.3 Å².